The van der Waals surface area contributed by atoms with E-state index in [9.17, 15) is 4.79 Å². The molecule has 26 heavy (non-hydrogen) atoms. The van der Waals surface area contributed by atoms with Crippen molar-refractivity contribution in [2.24, 2.45) is 0 Å². The number of hydrogen-bond donors (Lipinski definition) is 1. The van der Waals surface area contributed by atoms with E-state index in [-0.39, 0.29) is 5.91 Å². The van der Waals surface area contributed by atoms with Gasteiger partial charge in [0.2, 0.25) is 0 Å². The Labute approximate surface area is 153 Å². The number of anilines is 1. The summed E-state index contributed by atoms with van der Waals surface area (Å²) in [6.45, 7) is 4.37. The molecule has 2 heterocycles. The van der Waals surface area contributed by atoms with E-state index in [0.29, 0.717) is 6.54 Å². The predicted molar refractivity (Wildman–Crippen MR) is 105 cm³/mol. The minimum absolute atomic E-state index is 0.139. The SMILES string of the molecule is Cc1cccc(NCc2cnc3ccccc3c2)c1C(=O)N1CCCC1. The highest BCUT2D eigenvalue weighted by molar-refractivity contribution is 6.01. The van der Waals surface area contributed by atoms with E-state index in [4.69, 9.17) is 0 Å². The van der Waals surface area contributed by atoms with E-state index in [1.165, 1.54) is 0 Å². The number of amides is 1. The van der Waals surface area contributed by atoms with Gasteiger partial charge in [0.1, 0.15) is 0 Å². The second-order valence-electron chi connectivity index (χ2n) is 6.89. The number of carbonyl (C=O) groups excluding carboxylic acids is 1. The quantitative estimate of drug-likeness (QED) is 0.763. The molecule has 2 aromatic carbocycles. The van der Waals surface area contributed by atoms with Crippen LogP contribution in [0.15, 0.2) is 54.7 Å². The van der Waals surface area contributed by atoms with Crippen LogP contribution in [-0.4, -0.2) is 28.9 Å². The first-order valence-electron chi connectivity index (χ1n) is 9.19. The van der Waals surface area contributed by atoms with Crippen LogP contribution in [-0.2, 0) is 6.54 Å². The molecule has 1 aliphatic rings. The maximum Gasteiger partial charge on any atom is 0.256 e. The number of benzene rings is 2. The number of aromatic nitrogens is 1. The second-order valence-corrected chi connectivity index (χ2v) is 6.89. The fourth-order valence-electron chi connectivity index (χ4n) is 3.59. The Bertz CT molecular complexity index is 945. The van der Waals surface area contributed by atoms with Gasteiger partial charge in [0.15, 0.2) is 0 Å². The molecule has 132 valence electrons. The number of hydrogen-bond acceptors (Lipinski definition) is 3. The van der Waals surface area contributed by atoms with Crippen LogP contribution in [0.5, 0.6) is 0 Å². The van der Waals surface area contributed by atoms with Gasteiger partial charge in [-0.15, -0.1) is 0 Å². The Balaban J connectivity index is 1.57. The van der Waals surface area contributed by atoms with E-state index < -0.39 is 0 Å². The third-order valence-electron chi connectivity index (χ3n) is 5.01. The van der Waals surface area contributed by atoms with Gasteiger partial charge in [0.25, 0.3) is 5.91 Å². The lowest BCUT2D eigenvalue weighted by atomic mass is 10.0. The Kier molecular flexibility index (Phi) is 4.57. The molecule has 0 radical (unpaired) electrons. The maximum atomic E-state index is 12.9. The summed E-state index contributed by atoms with van der Waals surface area (Å²) in [5, 5.41) is 4.58. The van der Waals surface area contributed by atoms with E-state index in [2.05, 4.69) is 22.4 Å². The number of pyridine rings is 1. The van der Waals surface area contributed by atoms with Gasteiger partial charge < -0.3 is 10.2 Å². The van der Waals surface area contributed by atoms with Crippen molar-refractivity contribution < 1.29 is 4.79 Å². The van der Waals surface area contributed by atoms with Crippen LogP contribution < -0.4 is 5.32 Å². The number of para-hydroxylation sites is 1. The lowest BCUT2D eigenvalue weighted by molar-refractivity contribution is 0.0793. The molecule has 1 saturated heterocycles. The minimum Gasteiger partial charge on any atom is -0.380 e. The molecule has 4 heteroatoms. The lowest BCUT2D eigenvalue weighted by Gasteiger charge is -2.20. The summed E-state index contributed by atoms with van der Waals surface area (Å²) in [5.41, 5.74) is 4.81. The van der Waals surface area contributed by atoms with Crippen LogP contribution in [0.4, 0.5) is 5.69 Å². The normalized spacial score (nSPS) is 14.0. The Morgan fingerprint density at radius 1 is 1.12 bits per heavy atom. The summed E-state index contributed by atoms with van der Waals surface area (Å²) in [6.07, 6.45) is 4.10. The molecular formula is C22H23N3O. The Morgan fingerprint density at radius 2 is 1.92 bits per heavy atom. The number of likely N-dealkylation sites (tertiary alicyclic amines) is 1. The molecule has 1 aromatic heterocycles. The zero-order valence-corrected chi connectivity index (χ0v) is 15.0. The molecule has 1 aliphatic heterocycles. The van der Waals surface area contributed by atoms with Crippen LogP contribution in [0.2, 0.25) is 0 Å². The van der Waals surface area contributed by atoms with E-state index in [1.807, 2.05) is 54.4 Å². The van der Waals surface area contributed by atoms with Crippen molar-refractivity contribution in [2.75, 3.05) is 18.4 Å². The summed E-state index contributed by atoms with van der Waals surface area (Å²) >= 11 is 0. The minimum atomic E-state index is 0.139. The molecule has 1 amide bonds. The van der Waals surface area contributed by atoms with Crippen molar-refractivity contribution in [2.45, 2.75) is 26.3 Å². The van der Waals surface area contributed by atoms with Crippen molar-refractivity contribution in [1.82, 2.24) is 9.88 Å². The highest BCUT2D eigenvalue weighted by Gasteiger charge is 2.23. The smallest absolute Gasteiger partial charge is 0.256 e. The molecular weight excluding hydrogens is 322 g/mol. The summed E-state index contributed by atoms with van der Waals surface area (Å²) in [5.74, 6) is 0.139. The average molecular weight is 345 g/mol. The van der Waals surface area contributed by atoms with Crippen molar-refractivity contribution in [1.29, 1.82) is 0 Å². The predicted octanol–water partition coefficient (Wildman–Crippen LogP) is 4.39. The van der Waals surface area contributed by atoms with Gasteiger partial charge in [0, 0.05) is 36.9 Å². The maximum absolute atomic E-state index is 12.9. The van der Waals surface area contributed by atoms with E-state index >= 15 is 0 Å². The van der Waals surface area contributed by atoms with Crippen LogP contribution in [0.25, 0.3) is 10.9 Å². The average Bonchev–Trinajstić information content (AvgIpc) is 3.20. The highest BCUT2D eigenvalue weighted by Crippen LogP contribution is 2.24. The molecule has 0 bridgehead atoms. The van der Waals surface area contributed by atoms with Crippen molar-refractivity contribution in [3.8, 4) is 0 Å². The van der Waals surface area contributed by atoms with E-state index in [0.717, 1.165) is 59.2 Å². The van der Waals surface area contributed by atoms with Gasteiger partial charge >= 0.3 is 0 Å². The molecule has 0 aliphatic carbocycles. The molecule has 1 N–H and O–H groups in total. The first-order valence-corrected chi connectivity index (χ1v) is 9.19. The van der Waals surface area contributed by atoms with Gasteiger partial charge in [0.05, 0.1) is 11.1 Å². The number of nitrogens with zero attached hydrogens (tertiary/aromatic N) is 2. The largest absolute Gasteiger partial charge is 0.380 e. The summed E-state index contributed by atoms with van der Waals surface area (Å²) in [7, 11) is 0. The number of fused-ring (bicyclic) bond motifs is 1. The lowest BCUT2D eigenvalue weighted by Crippen LogP contribution is -2.29. The third-order valence-corrected chi connectivity index (χ3v) is 5.01. The first kappa shape index (κ1) is 16.6. The van der Waals surface area contributed by atoms with Gasteiger partial charge in [-0.3, -0.25) is 9.78 Å². The molecule has 0 atom stereocenters. The van der Waals surface area contributed by atoms with Crippen LogP contribution >= 0.6 is 0 Å². The highest BCUT2D eigenvalue weighted by atomic mass is 16.2. The van der Waals surface area contributed by atoms with Crippen molar-refractivity contribution in [3.63, 3.8) is 0 Å². The number of carbonyl (C=O) groups is 1. The second kappa shape index (κ2) is 7.16. The van der Waals surface area contributed by atoms with Gasteiger partial charge in [-0.25, -0.2) is 0 Å². The summed E-state index contributed by atoms with van der Waals surface area (Å²) in [6, 6.07) is 16.2. The van der Waals surface area contributed by atoms with Crippen molar-refractivity contribution in [3.05, 3.63) is 71.4 Å². The molecule has 0 spiro atoms. The zero-order valence-electron chi connectivity index (χ0n) is 15.0. The topological polar surface area (TPSA) is 45.2 Å². The zero-order chi connectivity index (χ0) is 17.9. The number of rotatable bonds is 4. The molecule has 4 rings (SSSR count). The Hall–Kier alpha value is -2.88. The van der Waals surface area contributed by atoms with Gasteiger partial charge in [-0.1, -0.05) is 30.3 Å². The fraction of sp³-hybridized carbons (Fsp3) is 0.273. The Morgan fingerprint density at radius 3 is 2.77 bits per heavy atom. The number of aryl methyl sites for hydroxylation is 1. The van der Waals surface area contributed by atoms with Crippen LogP contribution in [0, 0.1) is 6.92 Å². The number of nitrogens with one attached hydrogen (secondary N) is 1. The summed E-state index contributed by atoms with van der Waals surface area (Å²) in [4.78, 5) is 19.4. The van der Waals surface area contributed by atoms with Crippen LogP contribution in [0.3, 0.4) is 0 Å². The third kappa shape index (κ3) is 3.27. The molecule has 1 fully saturated rings. The molecule has 4 nitrogen and oxygen atoms in total. The van der Waals surface area contributed by atoms with Gasteiger partial charge in [-0.2, -0.15) is 0 Å². The first-order chi connectivity index (χ1) is 12.7. The van der Waals surface area contributed by atoms with Gasteiger partial charge in [-0.05, 0) is 49.1 Å². The fourth-order valence-corrected chi connectivity index (χ4v) is 3.59. The standard InChI is InChI=1S/C22H23N3O/c1-16-7-6-10-20(21(16)22(26)25-11-4-5-12-25)24-15-17-13-18-8-2-3-9-19(18)23-14-17/h2-3,6-10,13-14,24H,4-5,11-12,15H2,1H3. The van der Waals surface area contributed by atoms with Crippen LogP contribution in [0.1, 0.15) is 34.3 Å². The molecule has 0 saturated carbocycles. The molecule has 3 aromatic rings. The monoisotopic (exact) mass is 345 g/mol. The van der Waals surface area contributed by atoms with E-state index in [1.54, 1.807) is 0 Å². The van der Waals surface area contributed by atoms with Crippen molar-refractivity contribution >= 4 is 22.5 Å². The summed E-state index contributed by atoms with van der Waals surface area (Å²) < 4.78 is 0. The molecule has 0 unspecified atom stereocenters.